The molecule has 0 bridgehead atoms. The van der Waals surface area contributed by atoms with Crippen LogP contribution in [0.2, 0.25) is 5.02 Å². The molecule has 0 unspecified atom stereocenters. The number of amides is 2. The first-order valence-corrected chi connectivity index (χ1v) is 6.85. The van der Waals surface area contributed by atoms with Gasteiger partial charge in [0.2, 0.25) is 5.91 Å². The summed E-state index contributed by atoms with van der Waals surface area (Å²) in [5.74, 6) is -0.376. The summed E-state index contributed by atoms with van der Waals surface area (Å²) in [7, 11) is 0. The molecular formula is C14H17ClN2O3. The van der Waals surface area contributed by atoms with E-state index < -0.39 is 6.61 Å². The highest BCUT2D eigenvalue weighted by Crippen LogP contribution is 2.18. The first-order chi connectivity index (χ1) is 9.52. The van der Waals surface area contributed by atoms with Crippen LogP contribution in [0.3, 0.4) is 0 Å². The van der Waals surface area contributed by atoms with Crippen LogP contribution in [0.5, 0.6) is 0 Å². The molecule has 0 saturated carbocycles. The fraction of sp³-hybridized carbons (Fsp3) is 0.429. The number of rotatable bonds is 2. The summed E-state index contributed by atoms with van der Waals surface area (Å²) in [5, 5.41) is 9.38. The molecule has 1 saturated heterocycles. The maximum atomic E-state index is 12.3. The zero-order valence-corrected chi connectivity index (χ0v) is 12.1. The molecule has 0 aromatic heterocycles. The van der Waals surface area contributed by atoms with Crippen molar-refractivity contribution in [2.75, 3.05) is 32.8 Å². The van der Waals surface area contributed by atoms with E-state index in [1.165, 1.54) is 0 Å². The van der Waals surface area contributed by atoms with Gasteiger partial charge in [-0.15, -0.1) is 0 Å². The van der Waals surface area contributed by atoms with E-state index in [-0.39, 0.29) is 11.8 Å². The van der Waals surface area contributed by atoms with Crippen LogP contribution >= 0.6 is 11.6 Å². The topological polar surface area (TPSA) is 60.9 Å². The van der Waals surface area contributed by atoms with E-state index in [0.717, 1.165) is 5.56 Å². The van der Waals surface area contributed by atoms with E-state index >= 15 is 0 Å². The lowest BCUT2D eigenvalue weighted by atomic mass is 10.1. The number of aliphatic hydroxyl groups is 1. The van der Waals surface area contributed by atoms with E-state index in [4.69, 9.17) is 16.7 Å². The Bertz CT molecular complexity index is 525. The van der Waals surface area contributed by atoms with Gasteiger partial charge in [-0.3, -0.25) is 9.59 Å². The van der Waals surface area contributed by atoms with Crippen molar-refractivity contribution in [2.24, 2.45) is 0 Å². The number of piperazine rings is 1. The van der Waals surface area contributed by atoms with Crippen molar-refractivity contribution in [3.8, 4) is 0 Å². The van der Waals surface area contributed by atoms with Gasteiger partial charge in [0.25, 0.3) is 5.91 Å². The average molecular weight is 297 g/mol. The molecule has 1 aromatic rings. The molecule has 108 valence electrons. The second kappa shape index (κ2) is 6.24. The summed E-state index contributed by atoms with van der Waals surface area (Å²) < 4.78 is 0. The molecule has 0 spiro atoms. The second-order valence-corrected chi connectivity index (χ2v) is 5.20. The summed E-state index contributed by atoms with van der Waals surface area (Å²) in [5.41, 5.74) is 1.49. The summed E-state index contributed by atoms with van der Waals surface area (Å²) in [6.45, 7) is 3.24. The third-order valence-electron chi connectivity index (χ3n) is 3.47. The number of hydrogen-bond acceptors (Lipinski definition) is 3. The van der Waals surface area contributed by atoms with Crippen molar-refractivity contribution in [3.63, 3.8) is 0 Å². The Morgan fingerprint density at radius 2 is 1.80 bits per heavy atom. The van der Waals surface area contributed by atoms with Gasteiger partial charge in [0, 0.05) is 36.8 Å². The van der Waals surface area contributed by atoms with E-state index in [1.54, 1.807) is 21.9 Å². The average Bonchev–Trinajstić information content (AvgIpc) is 2.48. The van der Waals surface area contributed by atoms with Gasteiger partial charge < -0.3 is 14.9 Å². The Hall–Kier alpha value is -1.59. The maximum absolute atomic E-state index is 12.3. The number of halogens is 1. The first-order valence-electron chi connectivity index (χ1n) is 6.47. The molecule has 1 fully saturated rings. The number of hydrogen-bond donors (Lipinski definition) is 1. The lowest BCUT2D eigenvalue weighted by Gasteiger charge is -2.34. The molecule has 1 aromatic carbocycles. The van der Waals surface area contributed by atoms with Gasteiger partial charge in [0.15, 0.2) is 0 Å². The zero-order valence-electron chi connectivity index (χ0n) is 11.3. The molecule has 2 amide bonds. The Labute approximate surface area is 122 Å². The molecule has 0 atom stereocenters. The van der Waals surface area contributed by atoms with Crippen LogP contribution in [0.1, 0.15) is 15.9 Å². The Morgan fingerprint density at radius 1 is 1.20 bits per heavy atom. The summed E-state index contributed by atoms with van der Waals surface area (Å²) in [6.07, 6.45) is 0. The molecule has 6 heteroatoms. The second-order valence-electron chi connectivity index (χ2n) is 4.80. The minimum Gasteiger partial charge on any atom is -0.387 e. The third kappa shape index (κ3) is 3.11. The van der Waals surface area contributed by atoms with Gasteiger partial charge in [-0.25, -0.2) is 0 Å². The summed E-state index contributed by atoms with van der Waals surface area (Å²) >= 11 is 6.03. The van der Waals surface area contributed by atoms with Crippen LogP contribution in [0.4, 0.5) is 0 Å². The van der Waals surface area contributed by atoms with Gasteiger partial charge >= 0.3 is 0 Å². The molecule has 0 radical (unpaired) electrons. The van der Waals surface area contributed by atoms with Crippen LogP contribution in [0.15, 0.2) is 18.2 Å². The van der Waals surface area contributed by atoms with Crippen LogP contribution in [0, 0.1) is 6.92 Å². The minimum atomic E-state index is -0.485. The quantitative estimate of drug-likeness (QED) is 0.883. The molecular weight excluding hydrogens is 280 g/mol. The molecule has 0 aliphatic carbocycles. The molecule has 1 N–H and O–H groups in total. The number of aliphatic hydroxyl groups excluding tert-OH is 1. The van der Waals surface area contributed by atoms with Crippen LogP contribution in [0.25, 0.3) is 0 Å². The smallest absolute Gasteiger partial charge is 0.254 e. The third-order valence-corrected chi connectivity index (χ3v) is 3.88. The number of carbonyl (C=O) groups excluding carboxylic acids is 2. The zero-order chi connectivity index (χ0) is 14.7. The number of benzene rings is 1. The van der Waals surface area contributed by atoms with Gasteiger partial charge in [-0.1, -0.05) is 17.7 Å². The Balaban J connectivity index is 2.01. The van der Waals surface area contributed by atoms with Crippen molar-refractivity contribution in [1.29, 1.82) is 0 Å². The number of nitrogens with zero attached hydrogens (tertiary/aromatic N) is 2. The first kappa shape index (κ1) is 14.8. The molecule has 2 rings (SSSR count). The van der Waals surface area contributed by atoms with Crippen molar-refractivity contribution >= 4 is 23.4 Å². The fourth-order valence-corrected chi connectivity index (χ4v) is 2.35. The van der Waals surface area contributed by atoms with E-state index in [0.29, 0.717) is 36.8 Å². The SMILES string of the molecule is Cc1ccc(C(=O)N2CCN(C(=O)CO)CC2)cc1Cl. The predicted molar refractivity (Wildman–Crippen MR) is 75.8 cm³/mol. The van der Waals surface area contributed by atoms with Gasteiger partial charge in [0.1, 0.15) is 6.61 Å². The van der Waals surface area contributed by atoms with E-state index in [1.807, 2.05) is 13.0 Å². The summed E-state index contributed by atoms with van der Waals surface area (Å²) in [6, 6.07) is 5.25. The summed E-state index contributed by atoms with van der Waals surface area (Å²) in [4.78, 5) is 26.9. The predicted octanol–water partition coefficient (Wildman–Crippen LogP) is 0.925. The standard InChI is InChI=1S/C14H17ClN2O3/c1-10-2-3-11(8-12(10)15)14(20)17-6-4-16(5-7-17)13(19)9-18/h2-3,8,18H,4-7,9H2,1H3. The van der Waals surface area contributed by atoms with Gasteiger partial charge in [0.05, 0.1) is 0 Å². The highest BCUT2D eigenvalue weighted by molar-refractivity contribution is 6.31. The highest BCUT2D eigenvalue weighted by Gasteiger charge is 2.24. The fourth-order valence-electron chi connectivity index (χ4n) is 2.17. The lowest BCUT2D eigenvalue weighted by molar-refractivity contribution is -0.135. The van der Waals surface area contributed by atoms with Crippen molar-refractivity contribution in [1.82, 2.24) is 9.80 Å². The van der Waals surface area contributed by atoms with Gasteiger partial charge in [-0.2, -0.15) is 0 Å². The Kier molecular flexibility index (Phi) is 4.62. The normalized spacial score (nSPS) is 15.3. The van der Waals surface area contributed by atoms with Crippen LogP contribution < -0.4 is 0 Å². The van der Waals surface area contributed by atoms with Crippen molar-refractivity contribution in [3.05, 3.63) is 34.3 Å². The highest BCUT2D eigenvalue weighted by atomic mass is 35.5. The number of aryl methyl sites for hydroxylation is 1. The molecule has 1 aliphatic heterocycles. The van der Waals surface area contributed by atoms with E-state index in [9.17, 15) is 9.59 Å². The molecule has 1 heterocycles. The van der Waals surface area contributed by atoms with Gasteiger partial charge in [-0.05, 0) is 24.6 Å². The molecule has 1 aliphatic rings. The number of carbonyl (C=O) groups is 2. The van der Waals surface area contributed by atoms with E-state index in [2.05, 4.69) is 0 Å². The monoisotopic (exact) mass is 296 g/mol. The molecule has 5 nitrogen and oxygen atoms in total. The lowest BCUT2D eigenvalue weighted by Crippen LogP contribution is -2.51. The van der Waals surface area contributed by atoms with Crippen molar-refractivity contribution < 1.29 is 14.7 Å². The minimum absolute atomic E-state index is 0.0806. The maximum Gasteiger partial charge on any atom is 0.254 e. The Morgan fingerprint density at radius 3 is 2.35 bits per heavy atom. The van der Waals surface area contributed by atoms with Crippen molar-refractivity contribution in [2.45, 2.75) is 6.92 Å². The largest absolute Gasteiger partial charge is 0.387 e. The molecule has 20 heavy (non-hydrogen) atoms. The van der Waals surface area contributed by atoms with Crippen LogP contribution in [-0.4, -0.2) is 59.5 Å². The van der Waals surface area contributed by atoms with Crippen LogP contribution in [-0.2, 0) is 4.79 Å².